The van der Waals surface area contributed by atoms with E-state index in [9.17, 15) is 4.21 Å². The number of nitrogens with one attached hydrogen (secondary N) is 1. The Kier molecular flexibility index (Phi) is 4.73. The zero-order valence-electron chi connectivity index (χ0n) is 12.0. The molecule has 4 heteroatoms. The molecule has 0 atom stereocenters. The fraction of sp³-hybridized carbons (Fsp3) is 0.625. The maximum Gasteiger partial charge on any atom is 0.0366 e. The van der Waals surface area contributed by atoms with Crippen LogP contribution >= 0.6 is 0 Å². The van der Waals surface area contributed by atoms with Crippen molar-refractivity contribution >= 4 is 16.5 Å². The van der Waals surface area contributed by atoms with Crippen molar-refractivity contribution in [2.75, 3.05) is 29.5 Å². The third kappa shape index (κ3) is 3.61. The molecule has 0 spiro atoms. The lowest BCUT2D eigenvalue weighted by Crippen LogP contribution is -2.48. The van der Waals surface area contributed by atoms with Crippen LogP contribution in [0.5, 0.6) is 0 Å². The summed E-state index contributed by atoms with van der Waals surface area (Å²) in [5, 5.41) is 3.79. The normalized spacial score (nSPS) is 28.5. The summed E-state index contributed by atoms with van der Waals surface area (Å²) in [6.45, 7) is 2.28. The molecular weight excluding hydrogens is 268 g/mol. The molecule has 20 heavy (non-hydrogen) atoms. The number of hydrogen-bond acceptors (Lipinski definition) is 3. The van der Waals surface area contributed by atoms with Crippen molar-refractivity contribution in [1.29, 1.82) is 0 Å². The Bertz CT molecular complexity index is 433. The van der Waals surface area contributed by atoms with Gasteiger partial charge in [0.1, 0.15) is 0 Å². The Balaban J connectivity index is 1.46. The minimum atomic E-state index is -0.546. The molecule has 0 saturated carbocycles. The number of piperidine rings is 1. The SMILES string of the molecule is O=S1CCC(NC2CCN(c3ccccc3)CC2)CC1. The van der Waals surface area contributed by atoms with E-state index < -0.39 is 10.8 Å². The zero-order valence-corrected chi connectivity index (χ0v) is 12.8. The average Bonchev–Trinajstić information content (AvgIpc) is 2.51. The third-order valence-electron chi connectivity index (χ3n) is 4.48. The van der Waals surface area contributed by atoms with Crippen LogP contribution in [-0.4, -0.2) is 40.9 Å². The maximum atomic E-state index is 11.4. The van der Waals surface area contributed by atoms with Crippen molar-refractivity contribution < 1.29 is 4.21 Å². The molecule has 2 aliphatic heterocycles. The van der Waals surface area contributed by atoms with Crippen molar-refractivity contribution in [1.82, 2.24) is 5.32 Å². The van der Waals surface area contributed by atoms with Crippen LogP contribution in [0.15, 0.2) is 30.3 Å². The molecule has 0 radical (unpaired) electrons. The van der Waals surface area contributed by atoms with Crippen LogP contribution in [0.3, 0.4) is 0 Å². The number of nitrogens with zero attached hydrogens (tertiary/aromatic N) is 1. The summed E-state index contributed by atoms with van der Waals surface area (Å²) in [6, 6.07) is 11.9. The van der Waals surface area contributed by atoms with Crippen molar-refractivity contribution in [2.24, 2.45) is 0 Å². The maximum absolute atomic E-state index is 11.4. The van der Waals surface area contributed by atoms with Crippen LogP contribution < -0.4 is 10.2 Å². The van der Waals surface area contributed by atoms with Gasteiger partial charge in [-0.3, -0.25) is 4.21 Å². The van der Waals surface area contributed by atoms with E-state index in [4.69, 9.17) is 0 Å². The first-order valence-corrected chi connectivity index (χ1v) is 9.21. The second-order valence-electron chi connectivity index (χ2n) is 5.89. The largest absolute Gasteiger partial charge is 0.371 e. The Hall–Kier alpha value is -0.870. The van der Waals surface area contributed by atoms with Crippen LogP contribution in [0.25, 0.3) is 0 Å². The lowest BCUT2D eigenvalue weighted by atomic mass is 10.0. The summed E-state index contributed by atoms with van der Waals surface area (Å²) in [4.78, 5) is 2.48. The van der Waals surface area contributed by atoms with Crippen LogP contribution in [0.4, 0.5) is 5.69 Å². The Morgan fingerprint density at radius 2 is 1.55 bits per heavy atom. The molecule has 0 aliphatic carbocycles. The highest BCUT2D eigenvalue weighted by Crippen LogP contribution is 2.20. The predicted molar refractivity (Wildman–Crippen MR) is 85.7 cm³/mol. The van der Waals surface area contributed by atoms with Gasteiger partial charge in [-0.05, 0) is 37.8 Å². The van der Waals surface area contributed by atoms with Crippen molar-refractivity contribution in [2.45, 2.75) is 37.8 Å². The van der Waals surface area contributed by atoms with Crippen LogP contribution in [0.2, 0.25) is 0 Å². The van der Waals surface area contributed by atoms with Gasteiger partial charge < -0.3 is 10.2 Å². The van der Waals surface area contributed by atoms with Gasteiger partial charge >= 0.3 is 0 Å². The van der Waals surface area contributed by atoms with Gasteiger partial charge in [0.15, 0.2) is 0 Å². The van der Waals surface area contributed by atoms with Gasteiger partial charge in [0, 0.05) is 53.2 Å². The van der Waals surface area contributed by atoms with Crippen molar-refractivity contribution in [3.63, 3.8) is 0 Å². The summed E-state index contributed by atoms with van der Waals surface area (Å²) in [5.41, 5.74) is 1.35. The van der Waals surface area contributed by atoms with E-state index >= 15 is 0 Å². The molecule has 2 fully saturated rings. The lowest BCUT2D eigenvalue weighted by Gasteiger charge is -2.36. The van der Waals surface area contributed by atoms with Gasteiger partial charge in [0.05, 0.1) is 0 Å². The first-order valence-electron chi connectivity index (χ1n) is 7.72. The molecular formula is C16H24N2OS. The number of para-hydroxylation sites is 1. The van der Waals surface area contributed by atoms with Crippen molar-refractivity contribution in [3.05, 3.63) is 30.3 Å². The Labute approximate surface area is 124 Å². The first-order chi connectivity index (χ1) is 9.81. The summed E-state index contributed by atoms with van der Waals surface area (Å²) < 4.78 is 11.4. The molecule has 1 N–H and O–H groups in total. The molecule has 0 unspecified atom stereocenters. The molecule has 3 rings (SSSR count). The number of hydrogen-bond donors (Lipinski definition) is 1. The minimum Gasteiger partial charge on any atom is -0.371 e. The quantitative estimate of drug-likeness (QED) is 0.926. The van der Waals surface area contributed by atoms with E-state index in [2.05, 4.69) is 40.5 Å². The second kappa shape index (κ2) is 6.72. The highest BCUT2D eigenvalue weighted by atomic mass is 32.2. The minimum absolute atomic E-state index is 0.546. The second-order valence-corrected chi connectivity index (χ2v) is 7.58. The van der Waals surface area contributed by atoms with E-state index in [-0.39, 0.29) is 0 Å². The fourth-order valence-electron chi connectivity index (χ4n) is 3.24. The van der Waals surface area contributed by atoms with Gasteiger partial charge in [-0.25, -0.2) is 0 Å². The summed E-state index contributed by atoms with van der Waals surface area (Å²) in [6.07, 6.45) is 4.61. The Morgan fingerprint density at radius 3 is 2.20 bits per heavy atom. The first kappa shape index (κ1) is 14.1. The molecule has 2 aliphatic rings. The standard InChI is InChI=1S/C16H24N2OS/c19-20-12-8-15(9-13-20)17-14-6-10-18(11-7-14)16-4-2-1-3-5-16/h1-5,14-15,17H,6-13H2. The molecule has 3 nitrogen and oxygen atoms in total. The van der Waals surface area contributed by atoms with Crippen LogP contribution in [0, 0.1) is 0 Å². The van der Waals surface area contributed by atoms with Crippen LogP contribution in [0.1, 0.15) is 25.7 Å². The lowest BCUT2D eigenvalue weighted by molar-refractivity contribution is 0.352. The average molecular weight is 292 g/mol. The van der Waals surface area contributed by atoms with Gasteiger partial charge in [-0.15, -0.1) is 0 Å². The van der Waals surface area contributed by atoms with Gasteiger partial charge in [-0.1, -0.05) is 18.2 Å². The summed E-state index contributed by atoms with van der Waals surface area (Å²) >= 11 is 0. The molecule has 110 valence electrons. The molecule has 2 heterocycles. The fourth-order valence-corrected chi connectivity index (χ4v) is 4.54. The highest BCUT2D eigenvalue weighted by Gasteiger charge is 2.24. The van der Waals surface area contributed by atoms with E-state index in [0.717, 1.165) is 37.4 Å². The Morgan fingerprint density at radius 1 is 0.950 bits per heavy atom. The number of rotatable bonds is 3. The van der Waals surface area contributed by atoms with E-state index in [1.165, 1.54) is 18.5 Å². The topological polar surface area (TPSA) is 32.3 Å². The number of anilines is 1. The van der Waals surface area contributed by atoms with E-state index in [0.29, 0.717) is 12.1 Å². The summed E-state index contributed by atoms with van der Waals surface area (Å²) in [5.74, 6) is 1.78. The highest BCUT2D eigenvalue weighted by molar-refractivity contribution is 7.85. The van der Waals surface area contributed by atoms with Gasteiger partial charge in [0.2, 0.25) is 0 Å². The van der Waals surface area contributed by atoms with E-state index in [1.54, 1.807) is 0 Å². The van der Waals surface area contributed by atoms with Gasteiger partial charge in [0.25, 0.3) is 0 Å². The number of benzene rings is 1. The molecule has 1 aromatic carbocycles. The molecule has 2 saturated heterocycles. The summed E-state index contributed by atoms with van der Waals surface area (Å²) in [7, 11) is -0.546. The molecule has 0 amide bonds. The predicted octanol–water partition coefficient (Wildman–Crippen LogP) is 2.16. The van der Waals surface area contributed by atoms with Gasteiger partial charge in [-0.2, -0.15) is 0 Å². The zero-order chi connectivity index (χ0) is 13.8. The molecule has 1 aromatic rings. The third-order valence-corrected chi connectivity index (χ3v) is 5.86. The molecule has 0 bridgehead atoms. The van der Waals surface area contributed by atoms with Crippen LogP contribution in [-0.2, 0) is 10.8 Å². The van der Waals surface area contributed by atoms with E-state index in [1.807, 2.05) is 0 Å². The van der Waals surface area contributed by atoms with Crippen molar-refractivity contribution in [3.8, 4) is 0 Å². The monoisotopic (exact) mass is 292 g/mol. The molecule has 0 aromatic heterocycles. The smallest absolute Gasteiger partial charge is 0.0366 e.